The first-order valence-electron chi connectivity index (χ1n) is 10.9. The molecule has 0 saturated carbocycles. The SMILES string of the molecule is COCCn1c(SCc2nc(-c3cc(OC)c(OC)c(OC)c3)oc2C)nc2ccccc2c1=O. The molecule has 0 amide bonds. The van der Waals surface area contributed by atoms with Crippen LogP contribution in [0.5, 0.6) is 17.2 Å². The number of nitrogens with zero attached hydrogens (tertiary/aromatic N) is 3. The molecule has 0 aliphatic rings. The van der Waals surface area contributed by atoms with Crippen molar-refractivity contribution in [1.82, 2.24) is 14.5 Å². The van der Waals surface area contributed by atoms with Crippen molar-refractivity contribution in [2.45, 2.75) is 24.4 Å². The molecule has 35 heavy (non-hydrogen) atoms. The quantitative estimate of drug-likeness (QED) is 0.234. The molecule has 0 spiro atoms. The average Bonchev–Trinajstić information content (AvgIpc) is 3.26. The van der Waals surface area contributed by atoms with Crippen LogP contribution in [0.1, 0.15) is 11.5 Å². The van der Waals surface area contributed by atoms with Crippen molar-refractivity contribution in [3.05, 3.63) is 58.2 Å². The molecule has 0 N–H and O–H groups in total. The van der Waals surface area contributed by atoms with Crippen molar-refractivity contribution in [3.8, 4) is 28.7 Å². The Labute approximate surface area is 207 Å². The minimum atomic E-state index is -0.0925. The zero-order valence-electron chi connectivity index (χ0n) is 20.3. The molecule has 2 heterocycles. The summed E-state index contributed by atoms with van der Waals surface area (Å²) in [5.41, 5.74) is 2.01. The van der Waals surface area contributed by atoms with Crippen molar-refractivity contribution in [3.63, 3.8) is 0 Å². The fourth-order valence-corrected chi connectivity index (χ4v) is 4.69. The van der Waals surface area contributed by atoms with E-state index in [1.54, 1.807) is 51.2 Å². The highest BCUT2D eigenvalue weighted by Gasteiger charge is 2.19. The van der Waals surface area contributed by atoms with Gasteiger partial charge >= 0.3 is 0 Å². The number of methoxy groups -OCH3 is 4. The summed E-state index contributed by atoms with van der Waals surface area (Å²) in [6.45, 7) is 2.67. The van der Waals surface area contributed by atoms with Gasteiger partial charge in [-0.05, 0) is 31.2 Å². The van der Waals surface area contributed by atoms with Crippen LogP contribution in [0.4, 0.5) is 0 Å². The monoisotopic (exact) mass is 497 g/mol. The lowest BCUT2D eigenvalue weighted by Gasteiger charge is -2.13. The summed E-state index contributed by atoms with van der Waals surface area (Å²) in [7, 11) is 6.28. The maximum Gasteiger partial charge on any atom is 0.262 e. The first kappa shape index (κ1) is 24.6. The number of thioether (sulfide) groups is 1. The van der Waals surface area contributed by atoms with Crippen LogP contribution in [0.15, 0.2) is 50.8 Å². The standard InChI is InChI=1S/C25H27N3O6S/c1-15-19(26-23(34-15)16-12-20(31-3)22(33-5)21(13-16)32-4)14-35-25-27-18-9-7-6-8-17(18)24(29)28(25)10-11-30-2/h6-9,12-13H,10-11,14H2,1-5H3. The van der Waals surface area contributed by atoms with Crippen molar-refractivity contribution < 1.29 is 23.4 Å². The molecule has 0 aliphatic heterocycles. The van der Waals surface area contributed by atoms with Crippen LogP contribution in [-0.2, 0) is 17.0 Å². The molecule has 0 bridgehead atoms. The number of hydrogen-bond acceptors (Lipinski definition) is 9. The molecule has 4 aromatic rings. The fourth-order valence-electron chi connectivity index (χ4n) is 3.66. The predicted molar refractivity (Wildman–Crippen MR) is 134 cm³/mol. The van der Waals surface area contributed by atoms with E-state index in [-0.39, 0.29) is 5.56 Å². The normalized spacial score (nSPS) is 11.1. The lowest BCUT2D eigenvalue weighted by molar-refractivity contribution is 0.183. The van der Waals surface area contributed by atoms with Crippen molar-refractivity contribution >= 4 is 22.7 Å². The Balaban J connectivity index is 1.65. The molecule has 0 aliphatic carbocycles. The number of ether oxygens (including phenoxy) is 4. The molecule has 2 aromatic heterocycles. The molecule has 0 fully saturated rings. The van der Waals surface area contributed by atoms with Crippen molar-refractivity contribution in [1.29, 1.82) is 0 Å². The number of fused-ring (bicyclic) bond motifs is 1. The molecule has 10 heteroatoms. The topological polar surface area (TPSA) is 97.8 Å². The third-order valence-electron chi connectivity index (χ3n) is 5.49. The summed E-state index contributed by atoms with van der Waals surface area (Å²) in [5, 5.41) is 1.18. The molecule has 0 radical (unpaired) electrons. The van der Waals surface area contributed by atoms with E-state index in [1.165, 1.54) is 11.8 Å². The Morgan fingerprint density at radius 3 is 2.37 bits per heavy atom. The molecular formula is C25H27N3O6S. The summed E-state index contributed by atoms with van der Waals surface area (Å²) in [5.74, 6) is 3.09. The third-order valence-corrected chi connectivity index (χ3v) is 6.48. The van der Waals surface area contributed by atoms with Gasteiger partial charge in [0.05, 0.1) is 51.1 Å². The number of oxazole rings is 1. The Morgan fingerprint density at radius 2 is 1.71 bits per heavy atom. The Bertz CT molecular complexity index is 1370. The van der Waals surface area contributed by atoms with Crippen LogP contribution in [0.2, 0.25) is 0 Å². The zero-order chi connectivity index (χ0) is 24.9. The molecule has 0 saturated heterocycles. The summed E-state index contributed by atoms with van der Waals surface area (Å²) in [6.07, 6.45) is 0. The van der Waals surface area contributed by atoms with Gasteiger partial charge in [-0.25, -0.2) is 9.97 Å². The van der Waals surface area contributed by atoms with E-state index in [1.807, 2.05) is 25.1 Å². The van der Waals surface area contributed by atoms with Gasteiger partial charge in [0.15, 0.2) is 16.7 Å². The van der Waals surface area contributed by atoms with E-state index in [0.717, 1.165) is 5.69 Å². The first-order valence-corrected chi connectivity index (χ1v) is 11.9. The van der Waals surface area contributed by atoms with Crippen LogP contribution < -0.4 is 19.8 Å². The third kappa shape index (κ3) is 4.98. The second kappa shape index (κ2) is 10.8. The van der Waals surface area contributed by atoms with E-state index in [9.17, 15) is 4.79 Å². The largest absolute Gasteiger partial charge is 0.493 e. The number of hydrogen-bond donors (Lipinski definition) is 0. The molecular weight excluding hydrogens is 470 g/mol. The van der Waals surface area contributed by atoms with E-state index in [0.29, 0.717) is 69.4 Å². The number of aryl methyl sites for hydroxylation is 1. The van der Waals surface area contributed by atoms with Crippen molar-refractivity contribution in [2.24, 2.45) is 0 Å². The van der Waals surface area contributed by atoms with Gasteiger partial charge in [-0.1, -0.05) is 23.9 Å². The highest BCUT2D eigenvalue weighted by atomic mass is 32.2. The van der Waals surface area contributed by atoms with Crippen LogP contribution in [0, 0.1) is 6.92 Å². The minimum absolute atomic E-state index is 0.0925. The Hall–Kier alpha value is -3.50. The molecule has 0 unspecified atom stereocenters. The van der Waals surface area contributed by atoms with E-state index >= 15 is 0 Å². The van der Waals surface area contributed by atoms with Crippen LogP contribution in [0.3, 0.4) is 0 Å². The number of benzene rings is 2. The molecule has 4 rings (SSSR count). The van der Waals surface area contributed by atoms with E-state index < -0.39 is 0 Å². The molecule has 2 aromatic carbocycles. The van der Waals surface area contributed by atoms with Gasteiger partial charge in [-0.15, -0.1) is 0 Å². The van der Waals surface area contributed by atoms with Gasteiger partial charge in [0.25, 0.3) is 5.56 Å². The fraction of sp³-hybridized carbons (Fsp3) is 0.320. The summed E-state index contributed by atoms with van der Waals surface area (Å²) < 4.78 is 29.1. The Kier molecular flexibility index (Phi) is 7.62. The lowest BCUT2D eigenvalue weighted by Crippen LogP contribution is -2.25. The highest BCUT2D eigenvalue weighted by Crippen LogP contribution is 2.41. The number of para-hydroxylation sites is 1. The molecule has 184 valence electrons. The van der Waals surface area contributed by atoms with Crippen molar-refractivity contribution in [2.75, 3.05) is 35.0 Å². The average molecular weight is 498 g/mol. The second-order valence-corrected chi connectivity index (χ2v) is 8.53. The second-order valence-electron chi connectivity index (χ2n) is 7.59. The number of rotatable bonds is 10. The minimum Gasteiger partial charge on any atom is -0.493 e. The van der Waals surface area contributed by atoms with Gasteiger partial charge in [-0.2, -0.15) is 0 Å². The summed E-state index contributed by atoms with van der Waals surface area (Å²) >= 11 is 1.43. The van der Waals surface area contributed by atoms with E-state index in [4.69, 9.17) is 33.3 Å². The molecule has 9 nitrogen and oxygen atoms in total. The molecule has 0 atom stereocenters. The maximum absolute atomic E-state index is 13.1. The van der Waals surface area contributed by atoms with Gasteiger partial charge in [-0.3, -0.25) is 9.36 Å². The van der Waals surface area contributed by atoms with Crippen LogP contribution in [-0.4, -0.2) is 49.6 Å². The number of aromatic nitrogens is 3. The smallest absolute Gasteiger partial charge is 0.262 e. The first-order chi connectivity index (χ1) is 17.0. The van der Waals surface area contributed by atoms with Crippen LogP contribution >= 0.6 is 11.8 Å². The van der Waals surface area contributed by atoms with Gasteiger partial charge in [0.1, 0.15) is 5.76 Å². The highest BCUT2D eigenvalue weighted by molar-refractivity contribution is 7.98. The predicted octanol–water partition coefficient (Wildman–Crippen LogP) is 4.32. The Morgan fingerprint density at radius 1 is 1.00 bits per heavy atom. The van der Waals surface area contributed by atoms with Crippen LogP contribution in [0.25, 0.3) is 22.4 Å². The lowest BCUT2D eigenvalue weighted by atomic mass is 10.2. The van der Waals surface area contributed by atoms with Gasteiger partial charge < -0.3 is 23.4 Å². The van der Waals surface area contributed by atoms with E-state index in [2.05, 4.69) is 0 Å². The van der Waals surface area contributed by atoms with Gasteiger partial charge in [0, 0.05) is 18.4 Å². The summed E-state index contributed by atoms with van der Waals surface area (Å²) in [4.78, 5) is 22.5. The maximum atomic E-state index is 13.1. The van der Waals surface area contributed by atoms with Gasteiger partial charge in [0.2, 0.25) is 11.6 Å². The summed E-state index contributed by atoms with van der Waals surface area (Å²) in [6, 6.07) is 10.9. The zero-order valence-corrected chi connectivity index (χ0v) is 21.1.